The maximum atomic E-state index is 9.88. The number of aromatic nitrogens is 1. The first-order valence-electron chi connectivity index (χ1n) is 4.82. The topological polar surface area (TPSA) is 65.4 Å². The minimum atomic E-state index is -1.15. The number of rotatable bonds is 4. The van der Waals surface area contributed by atoms with Gasteiger partial charge in [0.2, 0.25) is 0 Å². The number of hydrogen-bond donors (Lipinski definition) is 4. The highest BCUT2D eigenvalue weighted by Crippen LogP contribution is 2.40. The molecule has 0 aliphatic heterocycles. The summed E-state index contributed by atoms with van der Waals surface area (Å²) in [5.41, 5.74) is 1.91. The van der Waals surface area contributed by atoms with E-state index in [-0.39, 0.29) is 12.4 Å². The summed E-state index contributed by atoms with van der Waals surface area (Å²) in [5.74, 6) is 0.149. The Kier molecular flexibility index (Phi) is 4.49. The van der Waals surface area contributed by atoms with Crippen LogP contribution >= 0.6 is 20.9 Å². The molecular weight excluding hydrogens is 244 g/mol. The number of aromatic hydroxyl groups is 1. The molecule has 0 aliphatic rings. The molecule has 0 fully saturated rings. The number of nitrogens with zero attached hydrogens (tertiary/aromatic N) is 1. The molecule has 16 heavy (non-hydrogen) atoms. The fourth-order valence-electron chi connectivity index (χ4n) is 1.27. The molecule has 1 rings (SSSR count). The van der Waals surface area contributed by atoms with Gasteiger partial charge in [0.25, 0.3) is 0 Å². The minimum absolute atomic E-state index is 0.125. The van der Waals surface area contributed by atoms with E-state index in [9.17, 15) is 10.2 Å². The molecule has 0 atom stereocenters. The van der Waals surface area contributed by atoms with Crippen LogP contribution in [-0.4, -0.2) is 27.7 Å². The summed E-state index contributed by atoms with van der Waals surface area (Å²) in [6.07, 6.45) is 5.59. The largest absolute Gasteiger partial charge is 0.506 e. The van der Waals surface area contributed by atoms with Crippen LogP contribution in [0.2, 0.25) is 0 Å². The Balaban J connectivity index is 2.97. The average Bonchev–Trinajstić information content (AvgIpc) is 2.19. The van der Waals surface area contributed by atoms with Crippen molar-refractivity contribution in [3.8, 4) is 5.75 Å². The highest BCUT2D eigenvalue weighted by Gasteiger charge is 2.13. The third kappa shape index (κ3) is 3.55. The van der Waals surface area contributed by atoms with Crippen molar-refractivity contribution >= 4 is 20.9 Å². The molecular formula is C10H18N2O2S2. The van der Waals surface area contributed by atoms with Crippen molar-refractivity contribution < 1.29 is 10.2 Å². The number of aliphatic hydroxyl groups excluding tert-OH is 1. The third-order valence-electron chi connectivity index (χ3n) is 2.20. The molecule has 0 aliphatic carbocycles. The molecule has 0 saturated heterocycles. The zero-order chi connectivity index (χ0) is 12.3. The van der Waals surface area contributed by atoms with Crippen molar-refractivity contribution in [1.29, 1.82) is 0 Å². The first kappa shape index (κ1) is 13.6. The van der Waals surface area contributed by atoms with Gasteiger partial charge in [-0.05, 0) is 19.4 Å². The molecule has 92 valence electrons. The summed E-state index contributed by atoms with van der Waals surface area (Å²) in [5, 5.41) is 19.0. The van der Waals surface area contributed by atoms with Crippen LogP contribution < -0.4 is 4.72 Å². The van der Waals surface area contributed by atoms with E-state index in [2.05, 4.69) is 21.4 Å². The number of aliphatic hydroxyl groups is 1. The van der Waals surface area contributed by atoms with Gasteiger partial charge in [-0.3, -0.25) is 9.71 Å². The van der Waals surface area contributed by atoms with Gasteiger partial charge in [0.05, 0.1) is 12.3 Å². The first-order valence-corrected chi connectivity index (χ1v) is 8.33. The van der Waals surface area contributed by atoms with Gasteiger partial charge in [-0.2, -0.15) is 0 Å². The van der Waals surface area contributed by atoms with Gasteiger partial charge in [0.1, 0.15) is 5.75 Å². The Morgan fingerprint density at radius 2 is 2.12 bits per heavy atom. The summed E-state index contributed by atoms with van der Waals surface area (Å²) < 4.78 is 3.23. The van der Waals surface area contributed by atoms with E-state index in [0.717, 1.165) is 0 Å². The molecule has 4 nitrogen and oxygen atoms in total. The Bertz CT molecular complexity index is 378. The van der Waals surface area contributed by atoms with E-state index in [1.807, 2.05) is 12.5 Å². The normalized spacial score (nSPS) is 12.8. The SMILES string of the molecule is Cc1ncc(CO)c(CNS(C)(C)S)c1O. The van der Waals surface area contributed by atoms with Crippen LogP contribution in [0.1, 0.15) is 16.8 Å². The number of nitrogens with one attached hydrogen (secondary N) is 1. The lowest BCUT2D eigenvalue weighted by Crippen LogP contribution is -2.15. The predicted octanol–water partition coefficient (Wildman–Crippen LogP) is 1.50. The lowest BCUT2D eigenvalue weighted by atomic mass is 10.1. The maximum Gasteiger partial charge on any atom is 0.141 e. The fourth-order valence-corrected chi connectivity index (χ4v) is 1.96. The van der Waals surface area contributed by atoms with Gasteiger partial charge in [0.15, 0.2) is 0 Å². The van der Waals surface area contributed by atoms with Crippen molar-refractivity contribution in [2.75, 3.05) is 12.5 Å². The van der Waals surface area contributed by atoms with E-state index in [0.29, 0.717) is 23.4 Å². The predicted molar refractivity (Wildman–Crippen MR) is 71.8 cm³/mol. The van der Waals surface area contributed by atoms with Crippen molar-refractivity contribution in [3.05, 3.63) is 23.0 Å². The van der Waals surface area contributed by atoms with E-state index in [1.54, 1.807) is 13.1 Å². The van der Waals surface area contributed by atoms with Gasteiger partial charge in [-0.25, -0.2) is 0 Å². The van der Waals surface area contributed by atoms with E-state index in [1.165, 1.54) is 0 Å². The lowest BCUT2D eigenvalue weighted by molar-refractivity contribution is 0.279. The molecule has 0 radical (unpaired) electrons. The summed E-state index contributed by atoms with van der Waals surface area (Å²) in [6, 6.07) is 0. The van der Waals surface area contributed by atoms with Crippen molar-refractivity contribution in [3.63, 3.8) is 0 Å². The molecule has 3 N–H and O–H groups in total. The zero-order valence-corrected chi connectivity index (χ0v) is 11.4. The second-order valence-corrected chi connectivity index (χ2v) is 9.52. The Hall–Kier alpha value is -0.430. The van der Waals surface area contributed by atoms with Gasteiger partial charge in [0, 0.05) is 23.9 Å². The third-order valence-corrected chi connectivity index (χ3v) is 3.44. The average molecular weight is 262 g/mol. The Labute approximate surface area is 102 Å². The maximum absolute atomic E-state index is 9.88. The van der Waals surface area contributed by atoms with Crippen LogP contribution in [0, 0.1) is 6.92 Å². The highest BCUT2D eigenvalue weighted by molar-refractivity contribution is 8.86. The Morgan fingerprint density at radius 1 is 1.50 bits per heavy atom. The van der Waals surface area contributed by atoms with Crippen molar-refractivity contribution in [1.82, 2.24) is 9.71 Å². The number of aryl methyl sites for hydroxylation is 1. The number of hydrogen-bond acceptors (Lipinski definition) is 5. The second-order valence-electron chi connectivity index (χ2n) is 3.95. The molecule has 0 saturated carbocycles. The van der Waals surface area contributed by atoms with Crippen LogP contribution in [0.3, 0.4) is 0 Å². The van der Waals surface area contributed by atoms with Crippen molar-refractivity contribution in [2.45, 2.75) is 20.1 Å². The summed E-state index contributed by atoms with van der Waals surface area (Å²) in [4.78, 5) is 4.00. The van der Waals surface area contributed by atoms with Crippen LogP contribution in [0.4, 0.5) is 0 Å². The van der Waals surface area contributed by atoms with Crippen LogP contribution in [-0.2, 0) is 13.2 Å². The standard InChI is InChI=1S/C10H18N2O2S2/c1-7-10(14)9(5-12-16(2,3)15)8(6-13)4-11-7/h4,12-15H,5-6H2,1-3H3. The monoisotopic (exact) mass is 262 g/mol. The van der Waals surface area contributed by atoms with Gasteiger partial charge in [-0.15, -0.1) is 20.9 Å². The molecule has 0 spiro atoms. The molecule has 1 heterocycles. The molecule has 1 aromatic heterocycles. The fraction of sp³-hybridized carbons (Fsp3) is 0.500. The molecule has 0 amide bonds. The number of pyridine rings is 1. The van der Waals surface area contributed by atoms with E-state index >= 15 is 0 Å². The first-order chi connectivity index (χ1) is 7.35. The van der Waals surface area contributed by atoms with Crippen LogP contribution in [0.25, 0.3) is 0 Å². The summed E-state index contributed by atoms with van der Waals surface area (Å²) in [6.45, 7) is 2.09. The molecule has 0 aromatic carbocycles. The van der Waals surface area contributed by atoms with E-state index < -0.39 is 9.25 Å². The highest BCUT2D eigenvalue weighted by atomic mass is 33.1. The molecule has 0 unspecified atom stereocenters. The molecule has 0 bridgehead atoms. The van der Waals surface area contributed by atoms with E-state index in [4.69, 9.17) is 0 Å². The number of thiol groups is 1. The quantitative estimate of drug-likeness (QED) is 0.490. The van der Waals surface area contributed by atoms with Gasteiger partial charge in [-0.1, -0.05) is 0 Å². The summed E-state index contributed by atoms with van der Waals surface area (Å²) in [7, 11) is -1.15. The van der Waals surface area contributed by atoms with Gasteiger partial charge < -0.3 is 10.2 Å². The zero-order valence-electron chi connectivity index (χ0n) is 9.69. The minimum Gasteiger partial charge on any atom is -0.506 e. The van der Waals surface area contributed by atoms with Crippen LogP contribution in [0.15, 0.2) is 6.20 Å². The van der Waals surface area contributed by atoms with Crippen molar-refractivity contribution in [2.24, 2.45) is 0 Å². The Morgan fingerprint density at radius 3 is 2.62 bits per heavy atom. The van der Waals surface area contributed by atoms with Gasteiger partial charge >= 0.3 is 0 Å². The van der Waals surface area contributed by atoms with Crippen LogP contribution in [0.5, 0.6) is 5.75 Å². The smallest absolute Gasteiger partial charge is 0.141 e. The lowest BCUT2D eigenvalue weighted by Gasteiger charge is -2.26. The second kappa shape index (κ2) is 5.27. The molecule has 1 aromatic rings. The molecule has 6 heteroatoms. The summed E-state index contributed by atoms with van der Waals surface area (Å²) >= 11 is 4.42.